The molecule has 5 atom stereocenters. The third-order valence-corrected chi connectivity index (χ3v) is 5.80. The smallest absolute Gasteiger partial charge is 0.338 e. The maximum Gasteiger partial charge on any atom is 0.338 e. The van der Waals surface area contributed by atoms with Gasteiger partial charge in [0.25, 0.3) is 0 Å². The Morgan fingerprint density at radius 2 is 1.53 bits per heavy atom. The summed E-state index contributed by atoms with van der Waals surface area (Å²) in [6.07, 6.45) is -8.57. The predicted octanol–water partition coefficient (Wildman–Crippen LogP) is 0.00902. The molecule has 1 aromatic heterocycles. The Hall–Kier alpha value is -4.04. The monoisotopic (exact) mass is 506 g/mol. The van der Waals surface area contributed by atoms with E-state index in [-0.39, 0.29) is 27.9 Å². The second-order valence-electron chi connectivity index (χ2n) is 8.28. The van der Waals surface area contributed by atoms with E-state index in [0.29, 0.717) is 0 Å². The molecule has 0 bridgehead atoms. The molecule has 0 radical (unpaired) electrons. The van der Waals surface area contributed by atoms with Gasteiger partial charge in [0.05, 0.1) is 11.1 Å². The molecule has 0 amide bonds. The summed E-state index contributed by atoms with van der Waals surface area (Å²) in [6.45, 7) is 0.728. The molecule has 13 nitrogen and oxygen atoms in total. The first kappa shape index (κ1) is 25.1. The van der Waals surface area contributed by atoms with Crippen LogP contribution in [0.4, 0.5) is 0 Å². The van der Waals surface area contributed by atoms with Gasteiger partial charge in [0.1, 0.15) is 59.8 Å². The molecule has 1 saturated heterocycles. The molecule has 0 spiro atoms. The molecule has 192 valence electrons. The lowest BCUT2D eigenvalue weighted by molar-refractivity contribution is -0.231. The van der Waals surface area contributed by atoms with Gasteiger partial charge in [-0.3, -0.25) is 4.79 Å². The van der Waals surface area contributed by atoms with Crippen LogP contribution in [-0.2, 0) is 9.47 Å². The number of hydrogen-bond acceptors (Lipinski definition) is 13. The summed E-state index contributed by atoms with van der Waals surface area (Å²) in [7, 11) is 0. The van der Waals surface area contributed by atoms with Crippen molar-refractivity contribution in [3.05, 3.63) is 51.4 Å². The van der Waals surface area contributed by atoms with Crippen molar-refractivity contribution in [2.24, 2.45) is 0 Å². The maximum atomic E-state index is 12.4. The number of aryl methyl sites for hydroxylation is 1. The molecule has 2 heterocycles. The van der Waals surface area contributed by atoms with Crippen molar-refractivity contribution in [3.8, 4) is 28.7 Å². The number of benzene rings is 2. The summed E-state index contributed by atoms with van der Waals surface area (Å²) in [5, 5.41) is 80.3. The fourth-order valence-corrected chi connectivity index (χ4v) is 4.00. The number of phenolic OH excluding ortho intramolecular Hbond substituents is 5. The zero-order chi connectivity index (χ0) is 26.5. The van der Waals surface area contributed by atoms with Crippen LogP contribution in [0.2, 0.25) is 0 Å². The zero-order valence-electron chi connectivity index (χ0n) is 18.5. The number of rotatable bonds is 4. The molecule has 3 aromatic rings. The largest absolute Gasteiger partial charge is 0.507 e. The zero-order valence-corrected chi connectivity index (χ0v) is 18.5. The molecule has 2 aromatic carbocycles. The van der Waals surface area contributed by atoms with Crippen molar-refractivity contribution >= 4 is 16.9 Å². The fourth-order valence-electron chi connectivity index (χ4n) is 4.00. The van der Waals surface area contributed by atoms with E-state index in [1.54, 1.807) is 0 Å². The number of fused-ring (bicyclic) bond motifs is 1. The van der Waals surface area contributed by atoms with E-state index in [4.69, 9.17) is 13.9 Å². The van der Waals surface area contributed by atoms with E-state index in [1.807, 2.05) is 0 Å². The minimum atomic E-state index is -1.87. The number of hydrogen-bond donors (Lipinski definition) is 8. The molecule has 1 fully saturated rings. The third-order valence-electron chi connectivity index (χ3n) is 5.80. The van der Waals surface area contributed by atoms with Crippen LogP contribution in [-0.4, -0.2) is 77.8 Å². The van der Waals surface area contributed by atoms with Gasteiger partial charge < -0.3 is 54.7 Å². The summed E-state index contributed by atoms with van der Waals surface area (Å²) in [4.78, 5) is 24.8. The van der Waals surface area contributed by atoms with E-state index in [1.165, 1.54) is 6.92 Å². The number of aliphatic hydroxyl groups excluding tert-OH is 3. The Morgan fingerprint density at radius 1 is 0.889 bits per heavy atom. The Labute approximate surface area is 201 Å². The normalized spacial score (nSPS) is 24.1. The summed E-state index contributed by atoms with van der Waals surface area (Å²) >= 11 is 0. The first-order valence-corrected chi connectivity index (χ1v) is 10.5. The van der Waals surface area contributed by atoms with Crippen molar-refractivity contribution in [1.29, 1.82) is 0 Å². The lowest BCUT2D eigenvalue weighted by atomic mass is 9.89. The summed E-state index contributed by atoms with van der Waals surface area (Å²) in [6, 6.07) is 3.57. The quantitative estimate of drug-likeness (QED) is 0.172. The molecule has 0 aliphatic carbocycles. The van der Waals surface area contributed by atoms with Gasteiger partial charge in [-0.25, -0.2) is 4.79 Å². The molecular formula is C23H22O13. The van der Waals surface area contributed by atoms with Gasteiger partial charge in [-0.2, -0.15) is 0 Å². The van der Waals surface area contributed by atoms with Crippen molar-refractivity contribution in [3.63, 3.8) is 0 Å². The minimum absolute atomic E-state index is 0.107. The standard InChI is InChI=1S/C23H22O13/c1-7-2-9(24)15-10(25)5-11(26)16(21(15)35-7)22-20(32)19(31)18(30)14(36-22)6-34-23(33)8-3-12(27)17(29)13(28)4-8/h2-5,14,18-20,22,25-32H,6H2,1H3/t14-,18+,19+,20+,22-/m1/s1. The van der Waals surface area contributed by atoms with Crippen LogP contribution in [0.1, 0.15) is 27.8 Å². The van der Waals surface area contributed by atoms with Crippen LogP contribution in [0.15, 0.2) is 33.5 Å². The van der Waals surface area contributed by atoms with Gasteiger partial charge in [0.15, 0.2) is 28.3 Å². The molecular weight excluding hydrogens is 484 g/mol. The molecule has 36 heavy (non-hydrogen) atoms. The second kappa shape index (κ2) is 9.20. The fraction of sp³-hybridized carbons (Fsp3) is 0.304. The molecule has 13 heteroatoms. The number of carbonyl (C=O) groups excluding carboxylic acids is 1. The van der Waals surface area contributed by atoms with Crippen molar-refractivity contribution < 1.29 is 59.5 Å². The van der Waals surface area contributed by atoms with Gasteiger partial charge >= 0.3 is 5.97 Å². The van der Waals surface area contributed by atoms with Crippen LogP contribution in [0.5, 0.6) is 28.7 Å². The number of carbonyl (C=O) groups is 1. The van der Waals surface area contributed by atoms with E-state index < -0.39 is 77.3 Å². The summed E-state index contributed by atoms with van der Waals surface area (Å²) < 4.78 is 16.2. The Kier molecular flexibility index (Phi) is 6.41. The number of aromatic hydroxyl groups is 5. The van der Waals surface area contributed by atoms with Crippen LogP contribution in [0.3, 0.4) is 0 Å². The van der Waals surface area contributed by atoms with Gasteiger partial charge in [0, 0.05) is 12.1 Å². The minimum Gasteiger partial charge on any atom is -0.507 e. The van der Waals surface area contributed by atoms with Crippen molar-refractivity contribution in [1.82, 2.24) is 0 Å². The van der Waals surface area contributed by atoms with Gasteiger partial charge in [-0.1, -0.05) is 0 Å². The first-order valence-electron chi connectivity index (χ1n) is 10.5. The molecule has 1 aliphatic heterocycles. The molecule has 0 saturated carbocycles. The number of aliphatic hydroxyl groups is 3. The highest BCUT2D eigenvalue weighted by Gasteiger charge is 2.46. The highest BCUT2D eigenvalue weighted by atomic mass is 16.6. The van der Waals surface area contributed by atoms with Crippen LogP contribution < -0.4 is 5.43 Å². The van der Waals surface area contributed by atoms with E-state index in [0.717, 1.165) is 24.3 Å². The number of esters is 1. The Balaban J connectivity index is 1.66. The Bertz CT molecular complexity index is 1370. The molecule has 4 rings (SSSR count). The first-order chi connectivity index (χ1) is 16.9. The highest BCUT2D eigenvalue weighted by Crippen LogP contribution is 2.43. The molecule has 1 aliphatic rings. The number of ether oxygens (including phenoxy) is 2. The summed E-state index contributed by atoms with van der Waals surface area (Å²) in [5.41, 5.74) is -1.63. The molecule has 0 unspecified atom stereocenters. The van der Waals surface area contributed by atoms with Gasteiger partial charge in [0.2, 0.25) is 0 Å². The van der Waals surface area contributed by atoms with E-state index >= 15 is 0 Å². The summed E-state index contributed by atoms with van der Waals surface area (Å²) in [5.74, 6) is -4.67. The third kappa shape index (κ3) is 4.24. The van der Waals surface area contributed by atoms with Crippen molar-refractivity contribution in [2.75, 3.05) is 6.61 Å². The van der Waals surface area contributed by atoms with Gasteiger partial charge in [-0.05, 0) is 19.1 Å². The van der Waals surface area contributed by atoms with Gasteiger partial charge in [-0.15, -0.1) is 0 Å². The lowest BCUT2D eigenvalue weighted by Crippen LogP contribution is -2.55. The van der Waals surface area contributed by atoms with E-state index in [9.17, 15) is 50.4 Å². The van der Waals surface area contributed by atoms with Crippen LogP contribution in [0, 0.1) is 6.92 Å². The van der Waals surface area contributed by atoms with Crippen LogP contribution >= 0.6 is 0 Å². The highest BCUT2D eigenvalue weighted by molar-refractivity contribution is 5.91. The van der Waals surface area contributed by atoms with Crippen LogP contribution in [0.25, 0.3) is 11.0 Å². The Morgan fingerprint density at radius 3 is 2.17 bits per heavy atom. The predicted molar refractivity (Wildman–Crippen MR) is 118 cm³/mol. The molecule has 8 N–H and O–H groups in total. The lowest BCUT2D eigenvalue weighted by Gasteiger charge is -2.40. The topological polar surface area (TPSA) is 228 Å². The average Bonchev–Trinajstić information content (AvgIpc) is 2.80. The second-order valence-corrected chi connectivity index (χ2v) is 8.28. The average molecular weight is 506 g/mol. The maximum absolute atomic E-state index is 12.4. The van der Waals surface area contributed by atoms with E-state index in [2.05, 4.69) is 0 Å². The number of phenols is 5. The van der Waals surface area contributed by atoms with Crippen molar-refractivity contribution in [2.45, 2.75) is 37.4 Å². The SMILES string of the molecule is Cc1cc(=O)c2c(O)cc(O)c([C@H]3O[C@H](COC(=O)c4cc(O)c(O)c(O)c4)[C@H](O)[C@H](O)[C@@H]3O)c2o1.